The van der Waals surface area contributed by atoms with Gasteiger partial charge in [0.25, 0.3) is 0 Å². The van der Waals surface area contributed by atoms with Crippen molar-refractivity contribution in [2.45, 2.75) is 12.5 Å². The van der Waals surface area contributed by atoms with Gasteiger partial charge >= 0.3 is 0 Å². The van der Waals surface area contributed by atoms with Gasteiger partial charge < -0.3 is 10.2 Å². The van der Waals surface area contributed by atoms with Crippen molar-refractivity contribution in [3.05, 3.63) is 52.5 Å². The second kappa shape index (κ2) is 6.15. The second-order valence-electron chi connectivity index (χ2n) is 4.90. The van der Waals surface area contributed by atoms with Crippen molar-refractivity contribution in [1.29, 1.82) is 0 Å². The molecule has 1 unspecified atom stereocenters. The van der Waals surface area contributed by atoms with Crippen LogP contribution in [0.2, 0.25) is 0 Å². The van der Waals surface area contributed by atoms with E-state index in [4.69, 9.17) is 0 Å². The van der Waals surface area contributed by atoms with Crippen LogP contribution in [-0.4, -0.2) is 35.4 Å². The molecule has 1 N–H and O–H groups in total. The van der Waals surface area contributed by atoms with Crippen molar-refractivity contribution in [1.82, 2.24) is 15.2 Å². The third-order valence-corrected chi connectivity index (χ3v) is 4.30. The van der Waals surface area contributed by atoms with E-state index in [2.05, 4.69) is 10.3 Å². The van der Waals surface area contributed by atoms with E-state index in [9.17, 15) is 4.79 Å². The van der Waals surface area contributed by atoms with Crippen molar-refractivity contribution in [2.24, 2.45) is 0 Å². The SMILES string of the molecule is O=C(Cc1ccsc1)N1CCNCC1c1cccnc1. The zero-order chi connectivity index (χ0) is 13.8. The molecule has 0 saturated carbocycles. The molecule has 1 fully saturated rings. The van der Waals surface area contributed by atoms with E-state index < -0.39 is 0 Å². The largest absolute Gasteiger partial charge is 0.333 e. The molecule has 0 radical (unpaired) electrons. The first-order valence-electron chi connectivity index (χ1n) is 6.76. The number of thiophene rings is 1. The Morgan fingerprint density at radius 3 is 3.20 bits per heavy atom. The molecule has 3 heterocycles. The predicted molar refractivity (Wildman–Crippen MR) is 79.6 cm³/mol. The Morgan fingerprint density at radius 1 is 1.50 bits per heavy atom. The first-order chi connectivity index (χ1) is 9.84. The highest BCUT2D eigenvalue weighted by atomic mass is 32.1. The van der Waals surface area contributed by atoms with Gasteiger partial charge in [-0.05, 0) is 34.0 Å². The minimum atomic E-state index is 0.0867. The molecule has 3 rings (SSSR count). The lowest BCUT2D eigenvalue weighted by molar-refractivity contribution is -0.133. The Bertz CT molecular complexity index is 556. The number of piperazine rings is 1. The lowest BCUT2D eigenvalue weighted by Crippen LogP contribution is -2.49. The van der Waals surface area contributed by atoms with Gasteiger partial charge in [0, 0.05) is 32.0 Å². The predicted octanol–water partition coefficient (Wildman–Crippen LogP) is 1.86. The van der Waals surface area contributed by atoms with Crippen LogP contribution in [0.25, 0.3) is 0 Å². The summed E-state index contributed by atoms with van der Waals surface area (Å²) in [6.45, 7) is 2.40. The van der Waals surface area contributed by atoms with E-state index in [-0.39, 0.29) is 11.9 Å². The molecule has 1 aliphatic heterocycles. The van der Waals surface area contributed by atoms with Gasteiger partial charge in [-0.3, -0.25) is 9.78 Å². The van der Waals surface area contributed by atoms with Crippen molar-refractivity contribution in [2.75, 3.05) is 19.6 Å². The number of amides is 1. The lowest BCUT2D eigenvalue weighted by atomic mass is 10.0. The summed E-state index contributed by atoms with van der Waals surface area (Å²) in [6, 6.07) is 6.06. The normalized spacial score (nSPS) is 19.0. The summed E-state index contributed by atoms with van der Waals surface area (Å²) in [5.74, 6) is 0.193. The molecule has 0 aromatic carbocycles. The Hall–Kier alpha value is -1.72. The van der Waals surface area contributed by atoms with Gasteiger partial charge in [-0.15, -0.1) is 0 Å². The quantitative estimate of drug-likeness (QED) is 0.937. The molecule has 1 atom stereocenters. The first-order valence-corrected chi connectivity index (χ1v) is 7.70. The average Bonchev–Trinajstić information content (AvgIpc) is 3.01. The van der Waals surface area contributed by atoms with Gasteiger partial charge in [0.15, 0.2) is 0 Å². The van der Waals surface area contributed by atoms with Gasteiger partial charge in [0.05, 0.1) is 12.5 Å². The number of hydrogen-bond donors (Lipinski definition) is 1. The Labute approximate surface area is 122 Å². The third kappa shape index (κ3) is 2.89. The highest BCUT2D eigenvalue weighted by Gasteiger charge is 2.27. The number of nitrogens with zero attached hydrogens (tertiary/aromatic N) is 2. The summed E-state index contributed by atoms with van der Waals surface area (Å²) < 4.78 is 0. The molecule has 0 spiro atoms. The molecule has 5 heteroatoms. The molecule has 2 aromatic heterocycles. The van der Waals surface area contributed by atoms with Crippen molar-refractivity contribution in [3.8, 4) is 0 Å². The van der Waals surface area contributed by atoms with Crippen LogP contribution in [0.15, 0.2) is 41.4 Å². The van der Waals surface area contributed by atoms with Crippen molar-refractivity contribution in [3.63, 3.8) is 0 Å². The highest BCUT2D eigenvalue weighted by Crippen LogP contribution is 2.22. The van der Waals surface area contributed by atoms with Crippen molar-refractivity contribution >= 4 is 17.2 Å². The fraction of sp³-hybridized carbons (Fsp3) is 0.333. The Balaban J connectivity index is 1.77. The van der Waals surface area contributed by atoms with Crippen LogP contribution in [0.3, 0.4) is 0 Å². The molecule has 0 aliphatic carbocycles. The third-order valence-electron chi connectivity index (χ3n) is 3.57. The zero-order valence-corrected chi connectivity index (χ0v) is 12.0. The number of nitrogens with one attached hydrogen (secondary N) is 1. The summed E-state index contributed by atoms with van der Waals surface area (Å²) >= 11 is 1.63. The molecule has 104 valence electrons. The first kappa shape index (κ1) is 13.3. The van der Waals surface area contributed by atoms with E-state index in [1.165, 1.54) is 0 Å². The standard InChI is InChI=1S/C15H17N3OS/c19-15(8-12-3-7-20-11-12)18-6-5-17-10-14(18)13-2-1-4-16-9-13/h1-4,7,9,11,14,17H,5-6,8,10H2. The second-order valence-corrected chi connectivity index (χ2v) is 5.68. The summed E-state index contributed by atoms with van der Waals surface area (Å²) in [6.07, 6.45) is 4.10. The average molecular weight is 287 g/mol. The van der Waals surface area contributed by atoms with E-state index in [0.717, 1.165) is 30.8 Å². The van der Waals surface area contributed by atoms with Gasteiger partial charge in [-0.1, -0.05) is 6.07 Å². The minimum Gasteiger partial charge on any atom is -0.333 e. The highest BCUT2D eigenvalue weighted by molar-refractivity contribution is 7.07. The van der Waals surface area contributed by atoms with Crippen molar-refractivity contribution < 1.29 is 4.79 Å². The number of carbonyl (C=O) groups is 1. The lowest BCUT2D eigenvalue weighted by Gasteiger charge is -2.36. The summed E-state index contributed by atoms with van der Waals surface area (Å²) in [5.41, 5.74) is 2.20. The smallest absolute Gasteiger partial charge is 0.227 e. The molecule has 20 heavy (non-hydrogen) atoms. The molecule has 1 amide bonds. The molecular weight excluding hydrogens is 270 g/mol. The fourth-order valence-electron chi connectivity index (χ4n) is 2.54. The van der Waals surface area contributed by atoms with E-state index in [0.29, 0.717) is 6.42 Å². The number of rotatable bonds is 3. The van der Waals surface area contributed by atoms with Gasteiger partial charge in [0.2, 0.25) is 5.91 Å². The van der Waals surface area contributed by atoms with Crippen LogP contribution < -0.4 is 5.32 Å². The van der Waals surface area contributed by atoms with Crippen LogP contribution in [0.5, 0.6) is 0 Å². The number of hydrogen-bond acceptors (Lipinski definition) is 4. The van der Waals surface area contributed by atoms with Gasteiger partial charge in [0.1, 0.15) is 0 Å². The molecule has 1 aliphatic rings. The molecule has 2 aromatic rings. The molecule has 0 bridgehead atoms. The zero-order valence-electron chi connectivity index (χ0n) is 11.2. The van der Waals surface area contributed by atoms with Crippen LogP contribution >= 0.6 is 11.3 Å². The van der Waals surface area contributed by atoms with Gasteiger partial charge in [-0.2, -0.15) is 11.3 Å². The number of pyridine rings is 1. The van der Waals surface area contributed by atoms with E-state index >= 15 is 0 Å². The van der Waals surface area contributed by atoms with Crippen LogP contribution in [0, 0.1) is 0 Å². The summed E-state index contributed by atoms with van der Waals surface area (Å²) in [5, 5.41) is 7.41. The summed E-state index contributed by atoms with van der Waals surface area (Å²) in [4.78, 5) is 18.7. The Morgan fingerprint density at radius 2 is 2.45 bits per heavy atom. The van der Waals surface area contributed by atoms with Crippen LogP contribution in [-0.2, 0) is 11.2 Å². The topological polar surface area (TPSA) is 45.2 Å². The minimum absolute atomic E-state index is 0.0867. The fourth-order valence-corrected chi connectivity index (χ4v) is 3.21. The van der Waals surface area contributed by atoms with E-state index in [1.54, 1.807) is 17.5 Å². The maximum atomic E-state index is 12.5. The Kier molecular flexibility index (Phi) is 4.08. The monoisotopic (exact) mass is 287 g/mol. The van der Waals surface area contributed by atoms with Crippen LogP contribution in [0.1, 0.15) is 17.2 Å². The van der Waals surface area contributed by atoms with E-state index in [1.807, 2.05) is 40.1 Å². The molecule has 4 nitrogen and oxygen atoms in total. The number of aromatic nitrogens is 1. The summed E-state index contributed by atoms with van der Waals surface area (Å²) in [7, 11) is 0. The maximum absolute atomic E-state index is 12.5. The number of carbonyl (C=O) groups excluding carboxylic acids is 1. The van der Waals surface area contributed by atoms with Crippen LogP contribution in [0.4, 0.5) is 0 Å². The maximum Gasteiger partial charge on any atom is 0.227 e. The van der Waals surface area contributed by atoms with Gasteiger partial charge in [-0.25, -0.2) is 0 Å². The molecule has 1 saturated heterocycles. The molecular formula is C15H17N3OS.